The van der Waals surface area contributed by atoms with E-state index in [-0.39, 0.29) is 17.7 Å². The number of hydrogen-bond donors (Lipinski definition) is 1. The lowest BCUT2D eigenvalue weighted by Crippen LogP contribution is -2.40. The molecule has 1 N–H and O–H groups in total. The van der Waals surface area contributed by atoms with Crippen molar-refractivity contribution in [3.05, 3.63) is 53.0 Å². The van der Waals surface area contributed by atoms with Gasteiger partial charge in [0.1, 0.15) is 11.3 Å². The van der Waals surface area contributed by atoms with Crippen LogP contribution in [-0.2, 0) is 24.4 Å². The van der Waals surface area contributed by atoms with Crippen molar-refractivity contribution in [3.63, 3.8) is 0 Å². The fraction of sp³-hybridized carbons (Fsp3) is 0.381. The lowest BCUT2D eigenvalue weighted by Gasteiger charge is -2.29. The minimum atomic E-state index is -0.192. The number of rotatable bonds is 4. The van der Waals surface area contributed by atoms with Gasteiger partial charge < -0.3 is 14.6 Å². The number of hydrogen-bond acceptors (Lipinski definition) is 4. The van der Waals surface area contributed by atoms with Crippen molar-refractivity contribution in [2.45, 2.75) is 40.4 Å². The first-order valence-electron chi connectivity index (χ1n) is 9.54. The summed E-state index contributed by atoms with van der Waals surface area (Å²) >= 11 is 0. The topological polar surface area (TPSA) is 80.4 Å². The third kappa shape index (κ3) is 3.40. The molecule has 146 valence electrons. The Bertz CT molecular complexity index is 1050. The van der Waals surface area contributed by atoms with Gasteiger partial charge in [0.2, 0.25) is 5.91 Å². The second-order valence-electron chi connectivity index (χ2n) is 7.53. The molecule has 0 atom stereocenters. The summed E-state index contributed by atoms with van der Waals surface area (Å²) in [5, 5.41) is 8.40. The largest absolute Gasteiger partial charge is 0.461 e. The highest BCUT2D eigenvalue weighted by Gasteiger charge is 2.24. The number of nitrogens with one attached hydrogen (secondary N) is 1. The van der Waals surface area contributed by atoms with Crippen molar-refractivity contribution in [2.75, 3.05) is 6.54 Å². The molecular formula is C21H24N4O3. The second kappa shape index (κ2) is 7.14. The number of fused-ring (bicyclic) bond motifs is 2. The fourth-order valence-corrected chi connectivity index (χ4v) is 3.60. The maximum absolute atomic E-state index is 12.6. The summed E-state index contributed by atoms with van der Waals surface area (Å²) in [6.45, 7) is 7.91. The quantitative estimate of drug-likeness (QED) is 0.755. The summed E-state index contributed by atoms with van der Waals surface area (Å²) in [7, 11) is 0. The lowest BCUT2D eigenvalue weighted by molar-refractivity contribution is -0.136. The smallest absolute Gasteiger partial charge is 0.255 e. The molecule has 3 aromatic rings. The number of carbonyl (C=O) groups excluding carboxylic acids is 2. The minimum Gasteiger partial charge on any atom is -0.461 e. The lowest BCUT2D eigenvalue weighted by atomic mass is 10.1. The first-order valence-corrected chi connectivity index (χ1v) is 9.54. The van der Waals surface area contributed by atoms with Crippen LogP contribution in [-0.4, -0.2) is 33.0 Å². The van der Waals surface area contributed by atoms with E-state index in [1.54, 1.807) is 6.07 Å². The maximum atomic E-state index is 12.6. The molecule has 0 radical (unpaired) electrons. The number of aromatic nitrogens is 2. The Morgan fingerprint density at radius 3 is 2.86 bits per heavy atom. The summed E-state index contributed by atoms with van der Waals surface area (Å²) in [5.41, 5.74) is 2.89. The molecule has 3 heterocycles. The van der Waals surface area contributed by atoms with Gasteiger partial charge >= 0.3 is 0 Å². The van der Waals surface area contributed by atoms with Crippen LogP contribution < -0.4 is 5.32 Å². The standard InChI is InChI=1S/C21H24N4O3/c1-13(2)21(27)24-7-8-25-17(12-24)10-16(23-25)11-22-20(26)18-6-4-5-15-9-14(3)28-19(15)18/h4-6,9-10,13H,7-8,11-12H2,1-3H3,(H,22,26). The van der Waals surface area contributed by atoms with Crippen molar-refractivity contribution < 1.29 is 14.0 Å². The minimum absolute atomic E-state index is 0.0128. The molecule has 1 aromatic carbocycles. The van der Waals surface area contributed by atoms with Crippen LogP contribution in [0.5, 0.6) is 0 Å². The first kappa shape index (κ1) is 18.3. The predicted octanol–water partition coefficient (Wildman–Crippen LogP) is 2.87. The highest BCUT2D eigenvalue weighted by molar-refractivity contribution is 6.04. The number of amides is 2. The van der Waals surface area contributed by atoms with E-state index >= 15 is 0 Å². The fourth-order valence-electron chi connectivity index (χ4n) is 3.60. The number of benzene rings is 1. The molecule has 1 aliphatic heterocycles. The highest BCUT2D eigenvalue weighted by atomic mass is 16.3. The summed E-state index contributed by atoms with van der Waals surface area (Å²) in [6.07, 6.45) is 0. The van der Waals surface area contributed by atoms with E-state index in [2.05, 4.69) is 10.4 Å². The van der Waals surface area contributed by atoms with Crippen LogP contribution in [0.15, 0.2) is 34.7 Å². The molecule has 0 bridgehead atoms. The Balaban J connectivity index is 1.45. The summed E-state index contributed by atoms with van der Waals surface area (Å²) in [5.74, 6) is 0.727. The van der Waals surface area contributed by atoms with Gasteiger partial charge in [-0.2, -0.15) is 5.10 Å². The molecule has 0 fully saturated rings. The molecular weight excluding hydrogens is 356 g/mol. The summed E-state index contributed by atoms with van der Waals surface area (Å²) < 4.78 is 7.59. The Morgan fingerprint density at radius 1 is 1.25 bits per heavy atom. The normalized spacial score (nSPS) is 13.8. The Hall–Kier alpha value is -3.09. The van der Waals surface area contributed by atoms with E-state index in [0.29, 0.717) is 37.3 Å². The number of nitrogens with zero attached hydrogens (tertiary/aromatic N) is 3. The van der Waals surface area contributed by atoms with E-state index in [1.807, 2.05) is 54.6 Å². The van der Waals surface area contributed by atoms with Gasteiger partial charge in [-0.3, -0.25) is 14.3 Å². The SMILES string of the molecule is Cc1cc2cccc(C(=O)NCc3cc4n(n3)CCN(C(=O)C(C)C)C4)c2o1. The second-order valence-corrected chi connectivity index (χ2v) is 7.53. The molecule has 1 aliphatic rings. The van der Waals surface area contributed by atoms with E-state index < -0.39 is 0 Å². The number of aryl methyl sites for hydroxylation is 1. The molecule has 0 saturated heterocycles. The molecule has 0 aliphatic carbocycles. The van der Waals surface area contributed by atoms with Crippen LogP contribution >= 0.6 is 0 Å². The van der Waals surface area contributed by atoms with Gasteiger partial charge in [0, 0.05) is 17.8 Å². The Kier molecular flexibility index (Phi) is 4.66. The van der Waals surface area contributed by atoms with E-state index in [0.717, 1.165) is 22.5 Å². The third-order valence-corrected chi connectivity index (χ3v) is 5.00. The van der Waals surface area contributed by atoms with Gasteiger partial charge in [0.25, 0.3) is 5.91 Å². The van der Waals surface area contributed by atoms with Crippen LogP contribution in [0.2, 0.25) is 0 Å². The molecule has 7 heteroatoms. The number of para-hydroxylation sites is 1. The zero-order valence-electron chi connectivity index (χ0n) is 16.4. The van der Waals surface area contributed by atoms with Gasteiger partial charge in [-0.25, -0.2) is 0 Å². The van der Waals surface area contributed by atoms with Crippen LogP contribution in [0.1, 0.15) is 41.4 Å². The van der Waals surface area contributed by atoms with Crippen molar-refractivity contribution in [1.29, 1.82) is 0 Å². The van der Waals surface area contributed by atoms with Crippen LogP contribution in [0, 0.1) is 12.8 Å². The van der Waals surface area contributed by atoms with Crippen molar-refractivity contribution in [1.82, 2.24) is 20.0 Å². The molecule has 28 heavy (non-hydrogen) atoms. The van der Waals surface area contributed by atoms with Gasteiger partial charge in [0.15, 0.2) is 0 Å². The average Bonchev–Trinajstić information content (AvgIpc) is 3.26. The molecule has 0 spiro atoms. The average molecular weight is 380 g/mol. The van der Waals surface area contributed by atoms with Crippen LogP contribution in [0.25, 0.3) is 11.0 Å². The zero-order valence-corrected chi connectivity index (χ0v) is 16.4. The van der Waals surface area contributed by atoms with Crippen molar-refractivity contribution in [2.24, 2.45) is 5.92 Å². The highest BCUT2D eigenvalue weighted by Crippen LogP contribution is 2.23. The van der Waals surface area contributed by atoms with Crippen LogP contribution in [0.4, 0.5) is 0 Å². The molecule has 4 rings (SSSR count). The maximum Gasteiger partial charge on any atom is 0.255 e. The van der Waals surface area contributed by atoms with Gasteiger partial charge in [-0.1, -0.05) is 26.0 Å². The van der Waals surface area contributed by atoms with E-state index in [1.165, 1.54) is 0 Å². The van der Waals surface area contributed by atoms with Gasteiger partial charge in [-0.05, 0) is 25.1 Å². The Labute approximate surface area is 163 Å². The molecule has 0 unspecified atom stereocenters. The number of furan rings is 1. The van der Waals surface area contributed by atoms with E-state index in [9.17, 15) is 9.59 Å². The van der Waals surface area contributed by atoms with Crippen molar-refractivity contribution in [3.8, 4) is 0 Å². The molecule has 7 nitrogen and oxygen atoms in total. The van der Waals surface area contributed by atoms with E-state index in [4.69, 9.17) is 4.42 Å². The van der Waals surface area contributed by atoms with Crippen LogP contribution in [0.3, 0.4) is 0 Å². The van der Waals surface area contributed by atoms with Crippen molar-refractivity contribution >= 4 is 22.8 Å². The number of carbonyl (C=O) groups is 2. The third-order valence-electron chi connectivity index (χ3n) is 5.00. The molecule has 2 amide bonds. The molecule has 0 saturated carbocycles. The predicted molar refractivity (Wildman–Crippen MR) is 105 cm³/mol. The Morgan fingerprint density at radius 2 is 2.07 bits per heavy atom. The zero-order chi connectivity index (χ0) is 19.8. The molecule has 2 aromatic heterocycles. The summed E-state index contributed by atoms with van der Waals surface area (Å²) in [4.78, 5) is 26.7. The first-order chi connectivity index (χ1) is 13.4. The van der Waals surface area contributed by atoms with Gasteiger partial charge in [0.05, 0.1) is 36.6 Å². The summed E-state index contributed by atoms with van der Waals surface area (Å²) in [6, 6.07) is 9.41. The van der Waals surface area contributed by atoms with Gasteiger partial charge in [-0.15, -0.1) is 0 Å². The monoisotopic (exact) mass is 380 g/mol.